The number of ether oxygens (including phenoxy) is 7. The van der Waals surface area contributed by atoms with Crippen molar-refractivity contribution < 1.29 is 77.0 Å². The van der Waals surface area contributed by atoms with Crippen LogP contribution in [-0.4, -0.2) is 120 Å². The Labute approximate surface area is 403 Å². The van der Waals surface area contributed by atoms with E-state index in [0.29, 0.717) is 17.6 Å². The number of ketones is 1. The molecular formula is C51H70N2O16. The number of fused-ring (bicyclic) bond motifs is 5. The van der Waals surface area contributed by atoms with Crippen molar-refractivity contribution >= 4 is 35.8 Å². The van der Waals surface area contributed by atoms with Gasteiger partial charge in [-0.2, -0.15) is 5.90 Å². The zero-order valence-electron chi connectivity index (χ0n) is 41.5. The SMILES string of the molecule is CCCCCC(=O)ON.CO[C@H]1C(=O)[C@]2(C)[C@@H](OC)C[C@H]3OC[C@@]3(OC(C)=O)[C@H]2[C@H](OC(=O)c2ccccc2)[C@]2(O)C[C@H](OC(=O)[C@H](O)[C@@H](NC(=O)OC(C)(C)C)c3ccccc3)C(C)=C1C2(C)C. The van der Waals surface area contributed by atoms with E-state index in [0.717, 1.165) is 19.3 Å². The Morgan fingerprint density at radius 1 is 0.942 bits per heavy atom. The van der Waals surface area contributed by atoms with Crippen LogP contribution >= 0.6 is 0 Å². The molecule has 0 unspecified atom stereocenters. The van der Waals surface area contributed by atoms with Crippen LogP contribution in [0.25, 0.3) is 0 Å². The molecule has 5 N–H and O–H groups in total. The third-order valence-corrected chi connectivity index (χ3v) is 14.1. The fourth-order valence-electron chi connectivity index (χ4n) is 10.6. The van der Waals surface area contributed by atoms with Crippen LogP contribution in [0.2, 0.25) is 0 Å². The van der Waals surface area contributed by atoms with E-state index in [2.05, 4.69) is 23.0 Å². The number of aliphatic hydroxyl groups excluding tert-OH is 1. The van der Waals surface area contributed by atoms with Crippen molar-refractivity contribution in [1.29, 1.82) is 0 Å². The van der Waals surface area contributed by atoms with Crippen molar-refractivity contribution in [3.63, 3.8) is 0 Å². The minimum atomic E-state index is -2.22. The first-order chi connectivity index (χ1) is 32.4. The Kier molecular flexibility index (Phi) is 17.3. The number of carbonyl (C=O) groups is 6. The molecule has 0 aromatic heterocycles. The molecule has 6 rings (SSSR count). The number of methoxy groups -OCH3 is 2. The molecule has 0 spiro atoms. The number of esters is 3. The van der Waals surface area contributed by atoms with Crippen LogP contribution in [0.1, 0.15) is 123 Å². The summed E-state index contributed by atoms with van der Waals surface area (Å²) in [6, 6.07) is 15.1. The summed E-state index contributed by atoms with van der Waals surface area (Å²) in [5.74, 6) is -0.235. The standard InChI is InChI=1S/C45H57NO14.C6H13NO2/c1-24-28(57-39(51)33(48)32(26-17-13-11-14-18-26)46-40(52)60-41(3,4)5)22-45(53)37(58-38(50)27-19-15-12-16-20-27)35-43(8,36(49)34(55-10)31(24)42(45,6)7)29(54-9)21-30-44(35,23-56-30)59-25(2)47;1-2-3-4-5-6(8)9-7/h11-20,28-30,32-35,37,48,53H,21-23H2,1-10H3,(H,46,52);2-5,7H2,1H3/t28-,29-,30+,32-,33+,34+,35-,37-,43+,44-,45+;/m0./s1. The highest BCUT2D eigenvalue weighted by Crippen LogP contribution is 2.64. The van der Waals surface area contributed by atoms with Crippen molar-refractivity contribution in [2.24, 2.45) is 22.6 Å². The number of aliphatic hydroxyl groups is 2. The molecule has 18 nitrogen and oxygen atoms in total. The molecule has 2 bridgehead atoms. The van der Waals surface area contributed by atoms with Crippen LogP contribution in [0.4, 0.5) is 4.79 Å². The topological polar surface area (TPSA) is 255 Å². The number of alkyl carbamates (subject to hydrolysis) is 1. The molecule has 1 aliphatic heterocycles. The highest BCUT2D eigenvalue weighted by molar-refractivity contribution is 5.94. The van der Waals surface area contributed by atoms with Gasteiger partial charge in [0.15, 0.2) is 17.5 Å². The van der Waals surface area contributed by atoms with E-state index >= 15 is 4.79 Å². The second-order valence-electron chi connectivity index (χ2n) is 19.9. The molecule has 11 atom stereocenters. The third kappa shape index (κ3) is 10.9. The molecule has 2 saturated carbocycles. The molecule has 69 heavy (non-hydrogen) atoms. The largest absolute Gasteiger partial charge is 0.456 e. The van der Waals surface area contributed by atoms with E-state index in [1.165, 1.54) is 21.1 Å². The van der Waals surface area contributed by atoms with Gasteiger partial charge in [0.05, 0.1) is 35.6 Å². The summed E-state index contributed by atoms with van der Waals surface area (Å²) in [6.07, 6.45) is -5.81. The third-order valence-electron chi connectivity index (χ3n) is 14.1. The number of amides is 1. The zero-order valence-corrected chi connectivity index (χ0v) is 41.5. The lowest BCUT2D eigenvalue weighted by Crippen LogP contribution is -2.82. The lowest BCUT2D eigenvalue weighted by atomic mass is 9.44. The summed E-state index contributed by atoms with van der Waals surface area (Å²) in [7, 11) is 2.78. The maximum absolute atomic E-state index is 15.5. The smallest absolute Gasteiger partial charge is 0.408 e. The van der Waals surface area contributed by atoms with Crippen LogP contribution in [0.3, 0.4) is 0 Å². The second kappa shape index (κ2) is 21.8. The summed E-state index contributed by atoms with van der Waals surface area (Å²) in [5, 5.41) is 28.0. The van der Waals surface area contributed by atoms with Gasteiger partial charge < -0.3 is 53.5 Å². The molecule has 380 valence electrons. The van der Waals surface area contributed by atoms with Crippen LogP contribution in [0, 0.1) is 16.7 Å². The second-order valence-corrected chi connectivity index (χ2v) is 19.9. The number of Topliss-reactive ketones (excluding diaryl/α,β-unsaturated/α-hetero) is 1. The van der Waals surface area contributed by atoms with Gasteiger partial charge in [-0.15, -0.1) is 0 Å². The van der Waals surface area contributed by atoms with Gasteiger partial charge in [-0.1, -0.05) is 82.1 Å². The summed E-state index contributed by atoms with van der Waals surface area (Å²) in [6.45, 7) is 14.8. The highest BCUT2D eigenvalue weighted by Gasteiger charge is 2.78. The molecule has 3 aliphatic carbocycles. The molecule has 0 radical (unpaired) electrons. The lowest BCUT2D eigenvalue weighted by molar-refractivity contribution is -0.347. The van der Waals surface area contributed by atoms with E-state index in [4.69, 9.17) is 33.2 Å². The number of benzene rings is 2. The predicted octanol–water partition coefficient (Wildman–Crippen LogP) is 5.55. The number of hydrogen-bond donors (Lipinski definition) is 4. The monoisotopic (exact) mass is 966 g/mol. The van der Waals surface area contributed by atoms with Gasteiger partial charge in [-0.25, -0.2) is 14.4 Å². The molecule has 4 aliphatic rings. The Bertz CT molecular complexity index is 2210. The highest BCUT2D eigenvalue weighted by atomic mass is 16.7. The fourth-order valence-corrected chi connectivity index (χ4v) is 10.6. The first kappa shape index (κ1) is 54.7. The zero-order chi connectivity index (χ0) is 51.3. The fraction of sp³-hybridized carbons (Fsp3) is 0.608. The van der Waals surface area contributed by atoms with E-state index in [-0.39, 0.29) is 30.1 Å². The molecule has 1 saturated heterocycles. The van der Waals surface area contributed by atoms with Gasteiger partial charge in [-0.3, -0.25) is 14.4 Å². The van der Waals surface area contributed by atoms with Crippen LogP contribution in [0.15, 0.2) is 71.8 Å². The van der Waals surface area contributed by atoms with Gasteiger partial charge in [0.2, 0.25) is 0 Å². The van der Waals surface area contributed by atoms with E-state index in [1.807, 2.05) is 0 Å². The number of hydrogen-bond acceptors (Lipinski definition) is 17. The van der Waals surface area contributed by atoms with Crippen molar-refractivity contribution in [3.05, 3.63) is 82.9 Å². The van der Waals surface area contributed by atoms with Crippen molar-refractivity contribution in [3.8, 4) is 0 Å². The quantitative estimate of drug-likeness (QED) is 0.0595. The summed E-state index contributed by atoms with van der Waals surface area (Å²) in [4.78, 5) is 84.4. The van der Waals surface area contributed by atoms with Gasteiger partial charge in [-0.05, 0) is 69.9 Å². The molecule has 2 aromatic carbocycles. The number of carbonyl (C=O) groups excluding carboxylic acids is 6. The number of nitrogens with two attached hydrogens (primary N) is 1. The summed E-state index contributed by atoms with van der Waals surface area (Å²) < 4.78 is 42.4. The minimum Gasteiger partial charge on any atom is -0.456 e. The van der Waals surface area contributed by atoms with Gasteiger partial charge in [0, 0.05) is 45.8 Å². The normalized spacial score (nSPS) is 29.9. The number of nitrogens with one attached hydrogen (secondary N) is 1. The van der Waals surface area contributed by atoms with E-state index in [9.17, 15) is 34.2 Å². The van der Waals surface area contributed by atoms with Gasteiger partial charge in [0.1, 0.15) is 35.6 Å². The summed E-state index contributed by atoms with van der Waals surface area (Å²) >= 11 is 0. The first-order valence-electron chi connectivity index (χ1n) is 23.3. The molecule has 2 aromatic rings. The maximum atomic E-state index is 15.5. The molecule has 1 heterocycles. The predicted molar refractivity (Wildman–Crippen MR) is 248 cm³/mol. The Morgan fingerprint density at radius 3 is 2.09 bits per heavy atom. The summed E-state index contributed by atoms with van der Waals surface area (Å²) in [5.41, 5.74) is -6.72. The van der Waals surface area contributed by atoms with E-state index < -0.39 is 112 Å². The Morgan fingerprint density at radius 2 is 1.57 bits per heavy atom. The van der Waals surface area contributed by atoms with Gasteiger partial charge in [0.25, 0.3) is 0 Å². The van der Waals surface area contributed by atoms with Crippen LogP contribution in [0.5, 0.6) is 0 Å². The van der Waals surface area contributed by atoms with Crippen LogP contribution < -0.4 is 11.2 Å². The molecular weight excluding hydrogens is 897 g/mol. The molecule has 18 heteroatoms. The van der Waals surface area contributed by atoms with Crippen molar-refractivity contribution in [2.75, 3.05) is 20.8 Å². The Hall–Kier alpha value is -5.24. The maximum Gasteiger partial charge on any atom is 0.408 e. The van der Waals surface area contributed by atoms with Crippen molar-refractivity contribution in [2.45, 2.75) is 160 Å². The van der Waals surface area contributed by atoms with E-state index in [1.54, 1.807) is 109 Å². The molecule has 1 amide bonds. The first-order valence-corrected chi connectivity index (χ1v) is 23.3. The number of rotatable bonds is 14. The van der Waals surface area contributed by atoms with Crippen molar-refractivity contribution in [1.82, 2.24) is 5.32 Å². The lowest BCUT2D eigenvalue weighted by Gasteiger charge is -2.67. The molecule has 3 fully saturated rings. The average molecular weight is 967 g/mol. The Balaban J connectivity index is 0.000000895. The minimum absolute atomic E-state index is 0.121. The van der Waals surface area contributed by atoms with Gasteiger partial charge >= 0.3 is 30.0 Å². The average Bonchev–Trinajstić information content (AvgIpc) is 3.29. The van der Waals surface area contributed by atoms with Crippen LogP contribution in [-0.2, 0) is 57.2 Å². The number of unbranched alkanes of at least 4 members (excludes halogenated alkanes) is 2.